The molecule has 3 N–H and O–H groups in total. The van der Waals surface area contributed by atoms with Gasteiger partial charge in [-0.1, -0.05) is 12.1 Å². The van der Waals surface area contributed by atoms with Gasteiger partial charge < -0.3 is 20.5 Å². The standard InChI is InChI=1S/C17H22F2N2O4/c18-15(19)10-25-14-3-1-2-11(8-14)9-20-17(24)21-13-6-4-12(5-7-13)16(22)23/h1-3,8,12-13,15H,4-7,9-10H2,(H,22,23)(H2,20,21,24). The Hall–Kier alpha value is -2.38. The van der Waals surface area contributed by atoms with Gasteiger partial charge in [-0.2, -0.15) is 0 Å². The fourth-order valence-electron chi connectivity index (χ4n) is 2.81. The van der Waals surface area contributed by atoms with Crippen molar-refractivity contribution in [3.63, 3.8) is 0 Å². The Bertz CT molecular complexity index is 590. The number of rotatable bonds is 7. The van der Waals surface area contributed by atoms with Gasteiger partial charge in [-0.05, 0) is 43.4 Å². The molecule has 1 saturated carbocycles. The average Bonchev–Trinajstić information content (AvgIpc) is 2.59. The summed E-state index contributed by atoms with van der Waals surface area (Å²) in [6, 6.07) is 6.23. The molecule has 0 spiro atoms. The minimum absolute atomic E-state index is 0.0312. The van der Waals surface area contributed by atoms with E-state index in [9.17, 15) is 18.4 Å². The van der Waals surface area contributed by atoms with E-state index in [-0.39, 0.29) is 24.5 Å². The number of carbonyl (C=O) groups is 2. The van der Waals surface area contributed by atoms with Crippen LogP contribution in [0.2, 0.25) is 0 Å². The van der Waals surface area contributed by atoms with Crippen molar-refractivity contribution >= 4 is 12.0 Å². The number of hydrogen-bond donors (Lipinski definition) is 3. The Labute approximate surface area is 144 Å². The average molecular weight is 356 g/mol. The number of halogens is 2. The van der Waals surface area contributed by atoms with Crippen molar-refractivity contribution in [3.05, 3.63) is 29.8 Å². The van der Waals surface area contributed by atoms with Crippen LogP contribution in [0.5, 0.6) is 5.75 Å². The molecule has 1 aromatic carbocycles. The summed E-state index contributed by atoms with van der Waals surface area (Å²) in [6.07, 6.45) is -0.139. The number of alkyl halides is 2. The van der Waals surface area contributed by atoms with E-state index in [0.717, 1.165) is 5.56 Å². The minimum atomic E-state index is -2.54. The van der Waals surface area contributed by atoms with Gasteiger partial charge in [0.2, 0.25) is 0 Å². The SMILES string of the molecule is O=C(NCc1cccc(OCC(F)F)c1)NC1CCC(C(=O)O)CC1. The van der Waals surface area contributed by atoms with E-state index >= 15 is 0 Å². The van der Waals surface area contributed by atoms with Gasteiger partial charge in [0.15, 0.2) is 0 Å². The van der Waals surface area contributed by atoms with E-state index in [1.54, 1.807) is 24.3 Å². The van der Waals surface area contributed by atoms with E-state index in [1.165, 1.54) is 0 Å². The third kappa shape index (κ3) is 6.56. The number of urea groups is 1. The molecule has 0 unspecified atom stereocenters. The maximum absolute atomic E-state index is 12.1. The Morgan fingerprint density at radius 2 is 1.96 bits per heavy atom. The van der Waals surface area contributed by atoms with Crippen molar-refractivity contribution in [3.8, 4) is 5.75 Å². The van der Waals surface area contributed by atoms with Gasteiger partial charge in [0.25, 0.3) is 6.43 Å². The molecule has 8 heteroatoms. The summed E-state index contributed by atoms with van der Waals surface area (Å²) >= 11 is 0. The minimum Gasteiger partial charge on any atom is -0.488 e. The van der Waals surface area contributed by atoms with Crippen molar-refractivity contribution in [1.82, 2.24) is 10.6 Å². The fourth-order valence-corrected chi connectivity index (χ4v) is 2.81. The van der Waals surface area contributed by atoms with Gasteiger partial charge in [-0.3, -0.25) is 4.79 Å². The van der Waals surface area contributed by atoms with Crippen LogP contribution in [0.3, 0.4) is 0 Å². The third-order valence-corrected chi connectivity index (χ3v) is 4.14. The molecular formula is C17H22F2N2O4. The first kappa shape index (κ1) is 19.0. The van der Waals surface area contributed by atoms with Crippen LogP contribution >= 0.6 is 0 Å². The van der Waals surface area contributed by atoms with Gasteiger partial charge in [-0.25, -0.2) is 13.6 Å². The second-order valence-electron chi connectivity index (χ2n) is 6.06. The normalized spacial score (nSPS) is 20.1. The van der Waals surface area contributed by atoms with Crippen LogP contribution in [-0.2, 0) is 11.3 Å². The lowest BCUT2D eigenvalue weighted by molar-refractivity contribution is -0.142. The van der Waals surface area contributed by atoms with Gasteiger partial charge in [0, 0.05) is 12.6 Å². The van der Waals surface area contributed by atoms with E-state index in [2.05, 4.69) is 10.6 Å². The predicted octanol–water partition coefficient (Wildman–Crippen LogP) is 2.77. The van der Waals surface area contributed by atoms with Crippen molar-refractivity contribution in [1.29, 1.82) is 0 Å². The van der Waals surface area contributed by atoms with Gasteiger partial charge in [0.05, 0.1) is 5.92 Å². The molecular weight excluding hydrogens is 334 g/mol. The number of carboxylic acids is 1. The molecule has 0 radical (unpaired) electrons. The van der Waals surface area contributed by atoms with Crippen LogP contribution in [0.15, 0.2) is 24.3 Å². The number of benzene rings is 1. The van der Waals surface area contributed by atoms with Crippen molar-refractivity contribution in [2.24, 2.45) is 5.92 Å². The zero-order chi connectivity index (χ0) is 18.2. The van der Waals surface area contributed by atoms with Gasteiger partial charge >= 0.3 is 12.0 Å². The summed E-state index contributed by atoms with van der Waals surface area (Å²) in [7, 11) is 0. The van der Waals surface area contributed by atoms with E-state index < -0.39 is 19.0 Å². The highest BCUT2D eigenvalue weighted by atomic mass is 19.3. The quantitative estimate of drug-likeness (QED) is 0.701. The van der Waals surface area contributed by atoms with Crippen LogP contribution in [-0.4, -0.2) is 36.2 Å². The highest BCUT2D eigenvalue weighted by molar-refractivity contribution is 5.74. The van der Waals surface area contributed by atoms with Crippen molar-refractivity contribution in [2.45, 2.75) is 44.7 Å². The largest absolute Gasteiger partial charge is 0.488 e. The zero-order valence-corrected chi connectivity index (χ0v) is 13.7. The third-order valence-electron chi connectivity index (χ3n) is 4.14. The Morgan fingerprint density at radius 1 is 1.24 bits per heavy atom. The first-order valence-corrected chi connectivity index (χ1v) is 8.21. The molecule has 6 nitrogen and oxygen atoms in total. The molecule has 0 saturated heterocycles. The van der Waals surface area contributed by atoms with E-state index in [0.29, 0.717) is 31.4 Å². The number of carboxylic acid groups (broad SMARTS) is 1. The molecule has 0 aliphatic heterocycles. The molecule has 1 aliphatic rings. The lowest BCUT2D eigenvalue weighted by atomic mass is 9.86. The predicted molar refractivity (Wildman–Crippen MR) is 86.7 cm³/mol. The lowest BCUT2D eigenvalue weighted by Crippen LogP contribution is -2.43. The molecule has 2 amide bonds. The maximum atomic E-state index is 12.1. The number of carbonyl (C=O) groups excluding carboxylic acids is 1. The zero-order valence-electron chi connectivity index (χ0n) is 13.7. The topological polar surface area (TPSA) is 87.7 Å². The molecule has 0 aromatic heterocycles. The van der Waals surface area contributed by atoms with Crippen LogP contribution < -0.4 is 15.4 Å². The van der Waals surface area contributed by atoms with E-state index in [4.69, 9.17) is 9.84 Å². The number of amides is 2. The summed E-state index contributed by atoms with van der Waals surface area (Å²) in [4.78, 5) is 22.8. The molecule has 0 bridgehead atoms. The van der Waals surface area contributed by atoms with Crippen LogP contribution in [0.1, 0.15) is 31.2 Å². The first-order valence-electron chi connectivity index (χ1n) is 8.21. The second-order valence-corrected chi connectivity index (χ2v) is 6.06. The summed E-state index contributed by atoms with van der Waals surface area (Å²) in [5.74, 6) is -0.777. The maximum Gasteiger partial charge on any atom is 0.315 e. The van der Waals surface area contributed by atoms with E-state index in [1.807, 2.05) is 0 Å². The Balaban J connectivity index is 1.73. The summed E-state index contributed by atoms with van der Waals surface area (Å²) < 4.78 is 29.2. The summed E-state index contributed by atoms with van der Waals surface area (Å²) in [5, 5.41) is 14.5. The monoisotopic (exact) mass is 356 g/mol. The molecule has 138 valence electrons. The molecule has 2 rings (SSSR count). The molecule has 25 heavy (non-hydrogen) atoms. The molecule has 0 heterocycles. The Morgan fingerprint density at radius 3 is 2.60 bits per heavy atom. The number of ether oxygens (including phenoxy) is 1. The fraction of sp³-hybridized carbons (Fsp3) is 0.529. The summed E-state index contributed by atoms with van der Waals surface area (Å²) in [5.41, 5.74) is 0.733. The number of hydrogen-bond acceptors (Lipinski definition) is 3. The second kappa shape index (κ2) is 9.19. The van der Waals surface area contributed by atoms with Gasteiger partial charge in [-0.15, -0.1) is 0 Å². The highest BCUT2D eigenvalue weighted by Crippen LogP contribution is 2.24. The number of aliphatic carboxylic acids is 1. The molecule has 1 aromatic rings. The first-order chi connectivity index (χ1) is 11.9. The molecule has 1 aliphatic carbocycles. The van der Waals surface area contributed by atoms with Gasteiger partial charge in [0.1, 0.15) is 12.4 Å². The van der Waals surface area contributed by atoms with Crippen LogP contribution in [0, 0.1) is 5.92 Å². The van der Waals surface area contributed by atoms with Crippen molar-refractivity contribution in [2.75, 3.05) is 6.61 Å². The van der Waals surface area contributed by atoms with Crippen LogP contribution in [0.4, 0.5) is 13.6 Å². The van der Waals surface area contributed by atoms with Crippen molar-refractivity contribution < 1.29 is 28.2 Å². The lowest BCUT2D eigenvalue weighted by Gasteiger charge is -2.26. The Kier molecular flexibility index (Phi) is 6.97. The molecule has 0 atom stereocenters. The van der Waals surface area contributed by atoms with Crippen LogP contribution in [0.25, 0.3) is 0 Å². The highest BCUT2D eigenvalue weighted by Gasteiger charge is 2.26. The number of nitrogens with one attached hydrogen (secondary N) is 2. The summed E-state index contributed by atoms with van der Waals surface area (Å²) in [6.45, 7) is -0.432. The smallest absolute Gasteiger partial charge is 0.315 e. The molecule has 1 fully saturated rings.